The molecular weight excluding hydrogens is 275 g/mol. The van der Waals surface area contributed by atoms with E-state index in [9.17, 15) is 9.18 Å². The van der Waals surface area contributed by atoms with E-state index >= 15 is 0 Å². The first-order valence-electron chi connectivity index (χ1n) is 7.11. The number of nitrogens with two attached hydrogens (primary N) is 1. The molecule has 1 amide bonds. The minimum Gasteiger partial charge on any atom is -0.483 e. The monoisotopic (exact) mass is 296 g/mol. The number of carbonyl (C=O) groups excluding carboxylic acids is 1. The predicted octanol–water partition coefficient (Wildman–Crippen LogP) is 1.52. The third kappa shape index (κ3) is 4.68. The van der Waals surface area contributed by atoms with Crippen LogP contribution in [0.15, 0.2) is 18.2 Å². The van der Waals surface area contributed by atoms with E-state index in [2.05, 4.69) is 5.32 Å². The summed E-state index contributed by atoms with van der Waals surface area (Å²) in [6, 6.07) is 3.88. The number of carbonyl (C=O) groups is 1. The van der Waals surface area contributed by atoms with Gasteiger partial charge in [0.1, 0.15) is 11.6 Å². The second-order valence-electron chi connectivity index (χ2n) is 5.21. The van der Waals surface area contributed by atoms with Crippen molar-refractivity contribution in [3.8, 4) is 5.75 Å². The number of hydrogen-bond donors (Lipinski definition) is 2. The molecule has 1 saturated heterocycles. The minimum absolute atomic E-state index is 0.108. The molecule has 6 heteroatoms. The average molecular weight is 296 g/mol. The van der Waals surface area contributed by atoms with Gasteiger partial charge in [-0.15, -0.1) is 0 Å². The van der Waals surface area contributed by atoms with E-state index in [0.29, 0.717) is 24.5 Å². The molecule has 0 radical (unpaired) electrons. The standard InChI is InChI=1S/C15H21FN2O3/c1-10(17)13-8-11(16)2-3-14(13)21-9-15(19)18-12-4-6-20-7-5-12/h2-3,8,10,12H,4-7,9,17H2,1H3,(H,18,19). The molecule has 1 heterocycles. The molecule has 21 heavy (non-hydrogen) atoms. The second-order valence-corrected chi connectivity index (χ2v) is 5.21. The lowest BCUT2D eigenvalue weighted by atomic mass is 10.1. The number of rotatable bonds is 5. The fourth-order valence-electron chi connectivity index (χ4n) is 2.26. The summed E-state index contributed by atoms with van der Waals surface area (Å²) >= 11 is 0. The van der Waals surface area contributed by atoms with Crippen LogP contribution in [0.1, 0.15) is 31.4 Å². The van der Waals surface area contributed by atoms with Crippen molar-refractivity contribution in [2.75, 3.05) is 19.8 Å². The molecule has 1 aliphatic rings. The molecule has 1 aromatic carbocycles. The maximum Gasteiger partial charge on any atom is 0.258 e. The van der Waals surface area contributed by atoms with Crippen LogP contribution in [-0.2, 0) is 9.53 Å². The zero-order chi connectivity index (χ0) is 15.2. The van der Waals surface area contributed by atoms with E-state index in [-0.39, 0.29) is 30.4 Å². The molecule has 3 N–H and O–H groups in total. The van der Waals surface area contributed by atoms with Gasteiger partial charge in [0.15, 0.2) is 6.61 Å². The Morgan fingerprint density at radius 1 is 1.52 bits per heavy atom. The van der Waals surface area contributed by atoms with Gasteiger partial charge >= 0.3 is 0 Å². The molecule has 1 aliphatic heterocycles. The lowest BCUT2D eigenvalue weighted by Gasteiger charge is -2.23. The zero-order valence-electron chi connectivity index (χ0n) is 12.1. The van der Waals surface area contributed by atoms with Crippen molar-refractivity contribution in [3.05, 3.63) is 29.6 Å². The van der Waals surface area contributed by atoms with Gasteiger partial charge in [0, 0.05) is 30.9 Å². The zero-order valence-corrected chi connectivity index (χ0v) is 12.1. The van der Waals surface area contributed by atoms with Crippen LogP contribution < -0.4 is 15.8 Å². The molecule has 5 nitrogen and oxygen atoms in total. The van der Waals surface area contributed by atoms with Crippen LogP contribution in [0.4, 0.5) is 4.39 Å². The Morgan fingerprint density at radius 3 is 2.90 bits per heavy atom. The molecule has 1 unspecified atom stereocenters. The van der Waals surface area contributed by atoms with Gasteiger partial charge in [-0.1, -0.05) is 0 Å². The van der Waals surface area contributed by atoms with Crippen LogP contribution in [0.25, 0.3) is 0 Å². The SMILES string of the molecule is CC(N)c1cc(F)ccc1OCC(=O)NC1CCOCC1. The summed E-state index contributed by atoms with van der Waals surface area (Å²) in [7, 11) is 0. The summed E-state index contributed by atoms with van der Waals surface area (Å²) in [5.41, 5.74) is 6.33. The first-order valence-corrected chi connectivity index (χ1v) is 7.11. The Bertz CT molecular complexity index is 488. The highest BCUT2D eigenvalue weighted by atomic mass is 19.1. The summed E-state index contributed by atoms with van der Waals surface area (Å²) in [5.74, 6) is -0.128. The van der Waals surface area contributed by atoms with Crippen LogP contribution in [0.2, 0.25) is 0 Å². The maximum atomic E-state index is 13.2. The number of halogens is 1. The molecule has 0 spiro atoms. The van der Waals surface area contributed by atoms with E-state index < -0.39 is 0 Å². The Balaban J connectivity index is 1.88. The van der Waals surface area contributed by atoms with E-state index in [1.54, 1.807) is 6.92 Å². The molecule has 0 aliphatic carbocycles. The summed E-state index contributed by atoms with van der Waals surface area (Å²) in [4.78, 5) is 11.9. The number of benzene rings is 1. The van der Waals surface area contributed by atoms with Gasteiger partial charge in [-0.05, 0) is 38.0 Å². The molecule has 116 valence electrons. The molecule has 2 rings (SSSR count). The highest BCUT2D eigenvalue weighted by Gasteiger charge is 2.17. The van der Waals surface area contributed by atoms with Gasteiger partial charge in [-0.3, -0.25) is 4.79 Å². The van der Waals surface area contributed by atoms with Crippen LogP contribution in [0.5, 0.6) is 5.75 Å². The van der Waals surface area contributed by atoms with Crippen LogP contribution >= 0.6 is 0 Å². The van der Waals surface area contributed by atoms with Crippen molar-refractivity contribution in [2.45, 2.75) is 31.8 Å². The Morgan fingerprint density at radius 2 is 2.24 bits per heavy atom. The Kier molecular flexibility index (Phi) is 5.52. The minimum atomic E-state index is -0.374. The summed E-state index contributed by atoms with van der Waals surface area (Å²) < 4.78 is 23.9. The third-order valence-corrected chi connectivity index (χ3v) is 3.41. The quantitative estimate of drug-likeness (QED) is 0.864. The van der Waals surface area contributed by atoms with Crippen molar-refractivity contribution in [2.24, 2.45) is 5.73 Å². The van der Waals surface area contributed by atoms with E-state index in [4.69, 9.17) is 15.2 Å². The molecule has 0 bridgehead atoms. The lowest BCUT2D eigenvalue weighted by Crippen LogP contribution is -2.41. The van der Waals surface area contributed by atoms with E-state index in [0.717, 1.165) is 12.8 Å². The van der Waals surface area contributed by atoms with Gasteiger partial charge in [0.2, 0.25) is 0 Å². The number of amides is 1. The van der Waals surface area contributed by atoms with Gasteiger partial charge in [0.05, 0.1) is 0 Å². The summed E-state index contributed by atoms with van der Waals surface area (Å²) in [6.07, 6.45) is 1.63. The topological polar surface area (TPSA) is 73.6 Å². The average Bonchev–Trinajstić information content (AvgIpc) is 2.47. The van der Waals surface area contributed by atoms with Crippen molar-refractivity contribution in [1.29, 1.82) is 0 Å². The largest absolute Gasteiger partial charge is 0.483 e. The first-order chi connectivity index (χ1) is 10.1. The van der Waals surface area contributed by atoms with Gasteiger partial charge < -0.3 is 20.5 Å². The van der Waals surface area contributed by atoms with Crippen LogP contribution in [-0.4, -0.2) is 31.8 Å². The molecule has 1 aromatic rings. The third-order valence-electron chi connectivity index (χ3n) is 3.41. The smallest absolute Gasteiger partial charge is 0.258 e. The van der Waals surface area contributed by atoms with Gasteiger partial charge in [-0.2, -0.15) is 0 Å². The fraction of sp³-hybridized carbons (Fsp3) is 0.533. The van der Waals surface area contributed by atoms with E-state index in [1.165, 1.54) is 18.2 Å². The summed E-state index contributed by atoms with van der Waals surface area (Å²) in [5, 5.41) is 2.90. The van der Waals surface area contributed by atoms with Crippen LogP contribution in [0.3, 0.4) is 0 Å². The van der Waals surface area contributed by atoms with Crippen molar-refractivity contribution in [1.82, 2.24) is 5.32 Å². The van der Waals surface area contributed by atoms with Crippen molar-refractivity contribution >= 4 is 5.91 Å². The highest BCUT2D eigenvalue weighted by Crippen LogP contribution is 2.24. The molecule has 1 atom stereocenters. The maximum absolute atomic E-state index is 13.2. The molecule has 1 fully saturated rings. The molecule has 0 saturated carbocycles. The number of nitrogens with one attached hydrogen (secondary N) is 1. The van der Waals surface area contributed by atoms with Crippen LogP contribution in [0, 0.1) is 5.82 Å². The highest BCUT2D eigenvalue weighted by molar-refractivity contribution is 5.77. The number of hydrogen-bond acceptors (Lipinski definition) is 4. The molecule has 0 aromatic heterocycles. The molecular formula is C15H21FN2O3. The van der Waals surface area contributed by atoms with Crippen molar-refractivity contribution in [3.63, 3.8) is 0 Å². The summed E-state index contributed by atoms with van der Waals surface area (Å²) in [6.45, 7) is 2.96. The Labute approximate surface area is 123 Å². The van der Waals surface area contributed by atoms with E-state index in [1.807, 2.05) is 0 Å². The first kappa shape index (κ1) is 15.7. The second kappa shape index (κ2) is 7.38. The normalized spacial score (nSPS) is 17.3. The lowest BCUT2D eigenvalue weighted by molar-refractivity contribution is -0.124. The van der Waals surface area contributed by atoms with Crippen molar-refractivity contribution < 1.29 is 18.7 Å². The Hall–Kier alpha value is -1.66. The predicted molar refractivity (Wildman–Crippen MR) is 76.5 cm³/mol. The number of ether oxygens (including phenoxy) is 2. The van der Waals surface area contributed by atoms with Gasteiger partial charge in [-0.25, -0.2) is 4.39 Å². The fourth-order valence-corrected chi connectivity index (χ4v) is 2.26. The van der Waals surface area contributed by atoms with Gasteiger partial charge in [0.25, 0.3) is 5.91 Å².